The lowest BCUT2D eigenvalue weighted by Gasteiger charge is -2.06. The molecule has 0 aliphatic heterocycles. The van der Waals surface area contributed by atoms with E-state index in [2.05, 4.69) is 48.8 Å². The summed E-state index contributed by atoms with van der Waals surface area (Å²) in [6.07, 6.45) is 2.20. The Morgan fingerprint density at radius 1 is 1.31 bits per heavy atom. The first-order chi connectivity index (χ1) is 7.72. The summed E-state index contributed by atoms with van der Waals surface area (Å²) in [5.41, 5.74) is 2.54. The molecule has 2 rings (SSSR count). The highest BCUT2D eigenvalue weighted by atomic mass is 16.5. The minimum Gasteiger partial charge on any atom is -0.482 e. The number of nitrogens with zero attached hydrogens (tertiary/aromatic N) is 1. The Labute approximate surface area is 96.1 Å². The van der Waals surface area contributed by atoms with Gasteiger partial charge in [0, 0.05) is 18.0 Å². The van der Waals surface area contributed by atoms with Crippen LogP contribution in [0.1, 0.15) is 13.8 Å². The average molecular weight is 215 g/mol. The Hall–Kier alpha value is -1.70. The van der Waals surface area contributed by atoms with Crippen LogP contribution in [0.15, 0.2) is 42.0 Å². The van der Waals surface area contributed by atoms with E-state index in [1.807, 2.05) is 6.07 Å². The van der Waals surface area contributed by atoms with Crippen molar-refractivity contribution in [1.82, 2.24) is 4.57 Å². The van der Waals surface area contributed by atoms with Crippen molar-refractivity contribution >= 4 is 10.9 Å². The van der Waals surface area contributed by atoms with Gasteiger partial charge in [0.2, 0.25) is 0 Å². The number of ether oxygens (including phenoxy) is 1. The standard InChI is InChI=1S/C14H17NO/c1-11(2)8-9-15-13-7-5-4-6-12(13)10-14(15)16-3/h4-8,10H,9H2,1-3H3. The van der Waals surface area contributed by atoms with Crippen LogP contribution < -0.4 is 4.74 Å². The topological polar surface area (TPSA) is 14.2 Å². The third-order valence-electron chi connectivity index (χ3n) is 2.66. The number of rotatable bonds is 3. The summed E-state index contributed by atoms with van der Waals surface area (Å²) in [7, 11) is 1.72. The van der Waals surface area contributed by atoms with E-state index < -0.39 is 0 Å². The fraction of sp³-hybridized carbons (Fsp3) is 0.286. The van der Waals surface area contributed by atoms with Gasteiger partial charge in [-0.1, -0.05) is 29.8 Å². The Balaban J connectivity index is 2.51. The van der Waals surface area contributed by atoms with Crippen molar-refractivity contribution < 1.29 is 4.74 Å². The molecule has 0 unspecified atom stereocenters. The fourth-order valence-electron chi connectivity index (χ4n) is 1.82. The van der Waals surface area contributed by atoms with Crippen LogP contribution in [0, 0.1) is 0 Å². The van der Waals surface area contributed by atoms with Crippen molar-refractivity contribution in [3.05, 3.63) is 42.0 Å². The second-order valence-corrected chi connectivity index (χ2v) is 4.14. The summed E-state index contributed by atoms with van der Waals surface area (Å²) in [6, 6.07) is 10.4. The van der Waals surface area contributed by atoms with Crippen molar-refractivity contribution in [2.24, 2.45) is 0 Å². The van der Waals surface area contributed by atoms with E-state index >= 15 is 0 Å². The maximum absolute atomic E-state index is 5.40. The zero-order valence-corrected chi connectivity index (χ0v) is 10.0. The van der Waals surface area contributed by atoms with E-state index in [0.717, 1.165) is 12.4 Å². The highest BCUT2D eigenvalue weighted by molar-refractivity contribution is 5.82. The molecule has 84 valence electrons. The van der Waals surface area contributed by atoms with E-state index in [-0.39, 0.29) is 0 Å². The molecule has 1 aromatic carbocycles. The molecule has 1 heterocycles. The molecule has 0 N–H and O–H groups in total. The Kier molecular flexibility index (Phi) is 3.00. The molecular formula is C14H17NO. The number of methoxy groups -OCH3 is 1. The van der Waals surface area contributed by atoms with Gasteiger partial charge < -0.3 is 9.30 Å². The predicted molar refractivity (Wildman–Crippen MR) is 67.9 cm³/mol. The summed E-state index contributed by atoms with van der Waals surface area (Å²) >= 11 is 0. The van der Waals surface area contributed by atoms with Gasteiger partial charge in [-0.2, -0.15) is 0 Å². The molecule has 0 aliphatic carbocycles. The monoisotopic (exact) mass is 215 g/mol. The van der Waals surface area contributed by atoms with Crippen LogP contribution in [-0.2, 0) is 6.54 Å². The van der Waals surface area contributed by atoms with Gasteiger partial charge in [-0.15, -0.1) is 0 Å². The number of benzene rings is 1. The lowest BCUT2D eigenvalue weighted by Crippen LogP contribution is -1.98. The summed E-state index contributed by atoms with van der Waals surface area (Å²) < 4.78 is 7.58. The van der Waals surface area contributed by atoms with E-state index in [0.29, 0.717) is 0 Å². The molecule has 0 bridgehead atoms. The van der Waals surface area contributed by atoms with Crippen LogP contribution in [0.25, 0.3) is 10.9 Å². The summed E-state index contributed by atoms with van der Waals surface area (Å²) in [5.74, 6) is 0.915. The number of para-hydroxylation sites is 1. The summed E-state index contributed by atoms with van der Waals surface area (Å²) in [6.45, 7) is 5.08. The normalized spacial score (nSPS) is 10.4. The van der Waals surface area contributed by atoms with Gasteiger partial charge in [-0.3, -0.25) is 0 Å². The lowest BCUT2D eigenvalue weighted by molar-refractivity contribution is 0.380. The summed E-state index contributed by atoms with van der Waals surface area (Å²) in [5, 5.41) is 1.22. The quantitative estimate of drug-likeness (QED) is 0.713. The zero-order valence-electron chi connectivity index (χ0n) is 10.0. The number of aromatic nitrogens is 1. The lowest BCUT2D eigenvalue weighted by atomic mass is 10.2. The molecule has 0 radical (unpaired) electrons. The molecule has 0 spiro atoms. The molecule has 0 fully saturated rings. The largest absolute Gasteiger partial charge is 0.482 e. The molecule has 2 aromatic rings. The van der Waals surface area contributed by atoms with Crippen LogP contribution >= 0.6 is 0 Å². The van der Waals surface area contributed by atoms with Gasteiger partial charge >= 0.3 is 0 Å². The Bertz CT molecular complexity index is 519. The van der Waals surface area contributed by atoms with Gasteiger partial charge in [0.1, 0.15) is 0 Å². The molecule has 0 atom stereocenters. The fourth-order valence-corrected chi connectivity index (χ4v) is 1.82. The number of hydrogen-bond donors (Lipinski definition) is 0. The molecule has 0 aliphatic rings. The van der Waals surface area contributed by atoms with Gasteiger partial charge in [0.05, 0.1) is 12.6 Å². The van der Waals surface area contributed by atoms with Gasteiger partial charge in [-0.05, 0) is 19.9 Å². The molecule has 2 heteroatoms. The number of fused-ring (bicyclic) bond motifs is 1. The second kappa shape index (κ2) is 4.44. The third-order valence-corrected chi connectivity index (χ3v) is 2.66. The van der Waals surface area contributed by atoms with Crippen LogP contribution in [-0.4, -0.2) is 11.7 Å². The second-order valence-electron chi connectivity index (χ2n) is 4.14. The van der Waals surface area contributed by atoms with Crippen molar-refractivity contribution in [1.29, 1.82) is 0 Å². The minimum absolute atomic E-state index is 0.860. The predicted octanol–water partition coefficient (Wildman–Crippen LogP) is 3.62. The molecule has 1 aromatic heterocycles. The minimum atomic E-state index is 0.860. The Morgan fingerprint density at radius 3 is 2.75 bits per heavy atom. The highest BCUT2D eigenvalue weighted by Gasteiger charge is 2.06. The first kappa shape index (κ1) is 10.8. The van der Waals surface area contributed by atoms with Crippen molar-refractivity contribution in [3.63, 3.8) is 0 Å². The smallest absolute Gasteiger partial charge is 0.194 e. The number of hydrogen-bond acceptors (Lipinski definition) is 1. The molecule has 0 amide bonds. The molecule has 16 heavy (non-hydrogen) atoms. The molecule has 2 nitrogen and oxygen atoms in total. The van der Waals surface area contributed by atoms with Gasteiger partial charge in [-0.25, -0.2) is 0 Å². The first-order valence-corrected chi connectivity index (χ1v) is 5.48. The molecule has 0 saturated heterocycles. The van der Waals surface area contributed by atoms with Crippen LogP contribution in [0.2, 0.25) is 0 Å². The SMILES string of the molecule is COc1cc2ccccc2n1CC=C(C)C. The van der Waals surface area contributed by atoms with Crippen molar-refractivity contribution in [2.45, 2.75) is 20.4 Å². The Morgan fingerprint density at radius 2 is 2.06 bits per heavy atom. The third kappa shape index (κ3) is 1.96. The van der Waals surface area contributed by atoms with Crippen molar-refractivity contribution in [3.8, 4) is 5.88 Å². The highest BCUT2D eigenvalue weighted by Crippen LogP contribution is 2.25. The average Bonchev–Trinajstić information content (AvgIpc) is 2.64. The van der Waals surface area contributed by atoms with E-state index in [4.69, 9.17) is 4.74 Å². The van der Waals surface area contributed by atoms with E-state index in [1.165, 1.54) is 16.5 Å². The van der Waals surface area contributed by atoms with Crippen LogP contribution in [0.4, 0.5) is 0 Å². The summed E-state index contributed by atoms with van der Waals surface area (Å²) in [4.78, 5) is 0. The van der Waals surface area contributed by atoms with Crippen LogP contribution in [0.5, 0.6) is 5.88 Å². The van der Waals surface area contributed by atoms with E-state index in [9.17, 15) is 0 Å². The first-order valence-electron chi connectivity index (χ1n) is 5.48. The van der Waals surface area contributed by atoms with Crippen molar-refractivity contribution in [2.75, 3.05) is 7.11 Å². The van der Waals surface area contributed by atoms with Crippen LogP contribution in [0.3, 0.4) is 0 Å². The van der Waals surface area contributed by atoms with Gasteiger partial charge in [0.25, 0.3) is 0 Å². The van der Waals surface area contributed by atoms with E-state index in [1.54, 1.807) is 7.11 Å². The zero-order chi connectivity index (χ0) is 11.5. The number of allylic oxidation sites excluding steroid dienone is 2. The molecule has 0 saturated carbocycles. The maximum atomic E-state index is 5.40. The maximum Gasteiger partial charge on any atom is 0.194 e. The van der Waals surface area contributed by atoms with Gasteiger partial charge in [0.15, 0.2) is 5.88 Å². The molecular weight excluding hydrogens is 198 g/mol.